The first kappa shape index (κ1) is 7.01. The van der Waals surface area contributed by atoms with E-state index in [0.717, 1.165) is 0 Å². The molecule has 0 saturated heterocycles. The highest BCUT2D eigenvalue weighted by atomic mass is 32.1. The molecule has 0 aromatic carbocycles. The Kier molecular flexibility index (Phi) is 2.69. The zero-order valence-corrected chi connectivity index (χ0v) is 5.93. The lowest BCUT2D eigenvalue weighted by Crippen LogP contribution is -2.11. The molecular formula is C5H5N4S. The van der Waals surface area contributed by atoms with E-state index >= 15 is 0 Å². The maximum Gasteiger partial charge on any atom is 0.150 e. The molecule has 0 spiro atoms. The van der Waals surface area contributed by atoms with Gasteiger partial charge in [0.15, 0.2) is 5.82 Å². The van der Waals surface area contributed by atoms with E-state index in [9.17, 15) is 0 Å². The summed E-state index contributed by atoms with van der Waals surface area (Å²) in [5, 5.41) is 2.68. The van der Waals surface area contributed by atoms with Gasteiger partial charge in [-0.2, -0.15) is 0 Å². The fraction of sp³-hybridized carbons (Fsp3) is 0.200. The topological polar surface area (TPSA) is 50.7 Å². The summed E-state index contributed by atoms with van der Waals surface area (Å²) in [4.78, 5) is 11.3. The van der Waals surface area contributed by atoms with Crippen molar-refractivity contribution in [3.63, 3.8) is 0 Å². The highest BCUT2D eigenvalue weighted by molar-refractivity contribution is 7.78. The minimum absolute atomic E-state index is 0.506. The smallest absolute Gasteiger partial charge is 0.150 e. The molecule has 4 nitrogen and oxygen atoms in total. The van der Waals surface area contributed by atoms with Crippen LogP contribution in [-0.4, -0.2) is 20.4 Å². The lowest BCUT2D eigenvalue weighted by molar-refractivity contribution is 0.820. The Hall–Kier alpha value is -1.10. The number of nitrogens with one attached hydrogen (secondary N) is 1. The van der Waals surface area contributed by atoms with Crippen molar-refractivity contribution in [1.29, 1.82) is 0 Å². The quantitative estimate of drug-likeness (QED) is 0.481. The van der Waals surface area contributed by atoms with Gasteiger partial charge in [-0.05, 0) is 0 Å². The summed E-state index contributed by atoms with van der Waals surface area (Å²) >= 11 is 4.42. The van der Waals surface area contributed by atoms with Crippen LogP contribution < -0.4 is 5.32 Å². The Balaban J connectivity index is 2.50. The predicted molar refractivity (Wildman–Crippen MR) is 39.3 cm³/mol. The average Bonchev–Trinajstić information content (AvgIpc) is 2.03. The van der Waals surface area contributed by atoms with Crippen LogP contribution in [0.15, 0.2) is 12.7 Å². The fourth-order valence-electron chi connectivity index (χ4n) is 0.470. The van der Waals surface area contributed by atoms with Crippen molar-refractivity contribution >= 4 is 17.7 Å². The monoisotopic (exact) mass is 153 g/mol. The van der Waals surface area contributed by atoms with Gasteiger partial charge < -0.3 is 5.32 Å². The zero-order chi connectivity index (χ0) is 7.23. The highest BCUT2D eigenvalue weighted by Crippen LogP contribution is 1.80. The van der Waals surface area contributed by atoms with Crippen molar-refractivity contribution < 1.29 is 0 Å². The lowest BCUT2D eigenvalue weighted by Gasteiger charge is -1.94. The first-order valence-corrected chi connectivity index (χ1v) is 3.05. The van der Waals surface area contributed by atoms with E-state index in [1.54, 1.807) is 0 Å². The van der Waals surface area contributed by atoms with Crippen LogP contribution in [0.25, 0.3) is 0 Å². The van der Waals surface area contributed by atoms with Gasteiger partial charge in [-0.15, -0.1) is 0 Å². The maximum atomic E-state index is 4.42. The molecule has 0 aliphatic rings. The third-order valence-electron chi connectivity index (χ3n) is 0.866. The third kappa shape index (κ3) is 2.02. The molecule has 1 radical (unpaired) electrons. The Labute approximate surface area is 63.7 Å². The number of nitrogens with zero attached hydrogens (tertiary/aromatic N) is 3. The van der Waals surface area contributed by atoms with Gasteiger partial charge in [0, 0.05) is 0 Å². The van der Waals surface area contributed by atoms with Crippen LogP contribution in [0.3, 0.4) is 0 Å². The van der Waals surface area contributed by atoms with Gasteiger partial charge in [-0.1, -0.05) is 12.2 Å². The molecule has 0 saturated carbocycles. The number of rotatable bonds is 3. The Bertz CT molecular complexity index is 200. The Morgan fingerprint density at radius 1 is 1.50 bits per heavy atom. The van der Waals surface area contributed by atoms with Gasteiger partial charge in [0.1, 0.15) is 18.1 Å². The molecule has 0 fully saturated rings. The van der Waals surface area contributed by atoms with Gasteiger partial charge >= 0.3 is 0 Å². The van der Waals surface area contributed by atoms with E-state index in [1.165, 1.54) is 12.7 Å². The Morgan fingerprint density at radius 3 is 2.80 bits per heavy atom. The van der Waals surface area contributed by atoms with Crippen molar-refractivity contribution in [2.75, 3.05) is 0 Å². The number of thiocarbonyl (C=S) groups is 1. The second-order valence-corrected chi connectivity index (χ2v) is 1.71. The van der Waals surface area contributed by atoms with Crippen LogP contribution >= 0.6 is 12.2 Å². The summed E-state index contributed by atoms with van der Waals surface area (Å²) < 4.78 is 0. The number of hydrogen-bond donors (Lipinski definition) is 1. The second-order valence-electron chi connectivity index (χ2n) is 1.51. The number of hydrogen-bond acceptors (Lipinski definition) is 4. The number of aromatic nitrogens is 3. The zero-order valence-electron chi connectivity index (χ0n) is 5.11. The van der Waals surface area contributed by atoms with Gasteiger partial charge in [-0.25, -0.2) is 15.0 Å². The summed E-state index contributed by atoms with van der Waals surface area (Å²) in [6.07, 6.45) is 2.88. The van der Waals surface area contributed by atoms with Crippen LogP contribution in [0.5, 0.6) is 0 Å². The molecule has 5 heteroatoms. The molecule has 0 unspecified atom stereocenters. The van der Waals surface area contributed by atoms with Gasteiger partial charge in [-0.3, -0.25) is 0 Å². The van der Waals surface area contributed by atoms with E-state index in [4.69, 9.17) is 0 Å². The van der Waals surface area contributed by atoms with Crippen molar-refractivity contribution in [2.24, 2.45) is 0 Å². The second kappa shape index (κ2) is 3.84. The summed E-state index contributed by atoms with van der Waals surface area (Å²) in [7, 11) is 0. The molecule has 0 aliphatic heterocycles. The van der Waals surface area contributed by atoms with E-state index in [0.29, 0.717) is 12.4 Å². The molecule has 0 atom stereocenters. The van der Waals surface area contributed by atoms with Crippen molar-refractivity contribution in [2.45, 2.75) is 6.54 Å². The van der Waals surface area contributed by atoms with Crippen molar-refractivity contribution in [3.05, 3.63) is 18.5 Å². The summed E-state index contributed by atoms with van der Waals surface area (Å²) in [6, 6.07) is 0. The molecule has 0 amide bonds. The minimum atomic E-state index is 0.506. The molecule has 1 N–H and O–H groups in total. The van der Waals surface area contributed by atoms with Crippen LogP contribution in [0.2, 0.25) is 0 Å². The van der Waals surface area contributed by atoms with E-state index in [-0.39, 0.29) is 0 Å². The van der Waals surface area contributed by atoms with E-state index in [2.05, 4.69) is 38.0 Å². The average molecular weight is 153 g/mol. The van der Waals surface area contributed by atoms with Crippen LogP contribution in [0.4, 0.5) is 0 Å². The van der Waals surface area contributed by atoms with Gasteiger partial charge in [0.05, 0.1) is 6.54 Å². The molecule has 0 aliphatic carbocycles. The van der Waals surface area contributed by atoms with E-state index in [1.807, 2.05) is 0 Å². The molecule has 10 heavy (non-hydrogen) atoms. The molecule has 1 aromatic rings. The molecule has 1 rings (SSSR count). The van der Waals surface area contributed by atoms with Crippen molar-refractivity contribution in [1.82, 2.24) is 20.3 Å². The van der Waals surface area contributed by atoms with Crippen LogP contribution in [0.1, 0.15) is 5.82 Å². The third-order valence-corrected chi connectivity index (χ3v) is 1.01. The van der Waals surface area contributed by atoms with Gasteiger partial charge in [0.2, 0.25) is 0 Å². The SMILES string of the molecule is S=[C]NCc1ncncn1. The maximum absolute atomic E-state index is 4.42. The molecule has 51 valence electrons. The highest BCUT2D eigenvalue weighted by Gasteiger charge is 1.89. The summed E-state index contributed by atoms with van der Waals surface area (Å²) in [5.74, 6) is 0.660. The van der Waals surface area contributed by atoms with E-state index < -0.39 is 0 Å². The molecule has 1 heterocycles. The first-order chi connectivity index (χ1) is 4.93. The van der Waals surface area contributed by atoms with Crippen molar-refractivity contribution in [3.8, 4) is 0 Å². The van der Waals surface area contributed by atoms with Crippen LogP contribution in [-0.2, 0) is 6.54 Å². The standard InChI is InChI=1S/C5H5N4S/c10-4-6-1-5-8-2-7-3-9-5/h2-3H,1H2,(H,6,10). The summed E-state index contributed by atoms with van der Waals surface area (Å²) in [6.45, 7) is 0.506. The predicted octanol–water partition coefficient (Wildman–Crippen LogP) is -0.205. The fourth-order valence-corrected chi connectivity index (χ4v) is 0.542. The largest absolute Gasteiger partial charge is 0.367 e. The van der Waals surface area contributed by atoms with Gasteiger partial charge in [0.25, 0.3) is 0 Å². The first-order valence-electron chi connectivity index (χ1n) is 2.64. The van der Waals surface area contributed by atoms with Crippen LogP contribution in [0, 0.1) is 0 Å². The molecule has 0 bridgehead atoms. The molecule has 1 aromatic heterocycles. The Morgan fingerprint density at radius 2 is 2.20 bits per heavy atom. The molecular weight excluding hydrogens is 148 g/mol. The normalized spacial score (nSPS) is 8.80. The lowest BCUT2D eigenvalue weighted by atomic mass is 10.6. The summed E-state index contributed by atoms with van der Waals surface area (Å²) in [5.41, 5.74) is 2.35. The minimum Gasteiger partial charge on any atom is -0.367 e.